The summed E-state index contributed by atoms with van der Waals surface area (Å²) in [6.45, 7) is -0.206. The summed E-state index contributed by atoms with van der Waals surface area (Å²) in [6.07, 6.45) is -19.8. The molecule has 9 N–H and O–H groups in total. The van der Waals surface area contributed by atoms with E-state index in [0.717, 1.165) is 5.71 Å². The molecule has 4 heterocycles. The van der Waals surface area contributed by atoms with Crippen molar-refractivity contribution < 1.29 is 69.6 Å². The topological polar surface area (TPSA) is 241 Å². The van der Waals surface area contributed by atoms with Gasteiger partial charge < -0.3 is 69.6 Å². The second-order valence-electron chi connectivity index (χ2n) is 9.55. The van der Waals surface area contributed by atoms with Crippen molar-refractivity contribution in [1.82, 2.24) is 0 Å². The molecule has 4 aliphatic rings. The maximum atomic E-state index is 11.0. The van der Waals surface area contributed by atoms with Gasteiger partial charge in [-0.3, -0.25) is 4.99 Å². The van der Waals surface area contributed by atoms with Gasteiger partial charge in [0.2, 0.25) is 0 Å². The number of hydrogen-bond donors (Lipinski definition) is 9. The zero-order valence-electron chi connectivity index (χ0n) is 19.5. The Hall–Kier alpha value is -0.890. The second-order valence-corrected chi connectivity index (χ2v) is 9.55. The molecule has 0 bridgehead atoms. The minimum atomic E-state index is -1.83. The molecule has 6 unspecified atom stereocenters. The number of aliphatic imine (C=N–C) groups is 1. The second kappa shape index (κ2) is 11.5. The van der Waals surface area contributed by atoms with Gasteiger partial charge in [-0.05, 0) is 6.92 Å². The minimum Gasteiger partial charge on any atom is -0.394 e. The summed E-state index contributed by atoms with van der Waals surface area (Å²) in [6, 6.07) is -0.685. The monoisotopic (exact) mass is 525 g/mol. The fourth-order valence-electron chi connectivity index (χ4n) is 5.06. The molecule has 0 radical (unpaired) electrons. The van der Waals surface area contributed by atoms with Crippen LogP contribution in [-0.4, -0.2) is 163 Å². The molecule has 208 valence electrons. The van der Waals surface area contributed by atoms with E-state index in [2.05, 4.69) is 4.99 Å². The van der Waals surface area contributed by atoms with Crippen LogP contribution in [0.5, 0.6) is 0 Å². The van der Waals surface area contributed by atoms with Gasteiger partial charge in [0.25, 0.3) is 0 Å². The van der Waals surface area contributed by atoms with E-state index in [-0.39, 0.29) is 0 Å². The number of nitrogens with zero attached hydrogens (tertiary/aromatic N) is 1. The minimum absolute atomic E-state index is 0.464. The van der Waals surface area contributed by atoms with E-state index < -0.39 is 112 Å². The summed E-state index contributed by atoms with van der Waals surface area (Å²) < 4.78 is 28.3. The highest BCUT2D eigenvalue weighted by Crippen LogP contribution is 2.35. The third kappa shape index (κ3) is 5.19. The molecule has 0 aliphatic carbocycles. The molecule has 0 saturated carbocycles. The van der Waals surface area contributed by atoms with Crippen LogP contribution in [0.3, 0.4) is 0 Å². The van der Waals surface area contributed by atoms with Crippen molar-refractivity contribution >= 4 is 5.71 Å². The van der Waals surface area contributed by atoms with Crippen molar-refractivity contribution in [2.45, 2.75) is 105 Å². The highest BCUT2D eigenvalue weighted by molar-refractivity contribution is 5.84. The van der Waals surface area contributed by atoms with Crippen LogP contribution in [0.4, 0.5) is 0 Å². The number of rotatable bonds is 7. The van der Waals surface area contributed by atoms with E-state index in [9.17, 15) is 46.0 Å². The van der Waals surface area contributed by atoms with Crippen LogP contribution in [0, 0.1) is 0 Å². The molecule has 4 rings (SSSR count). The van der Waals surface area contributed by atoms with E-state index in [1.807, 2.05) is 0 Å². The lowest BCUT2D eigenvalue weighted by Crippen LogP contribution is -2.66. The van der Waals surface area contributed by atoms with Gasteiger partial charge in [-0.25, -0.2) is 0 Å². The van der Waals surface area contributed by atoms with E-state index in [4.69, 9.17) is 23.7 Å². The Kier molecular flexibility index (Phi) is 8.96. The molecule has 36 heavy (non-hydrogen) atoms. The zero-order valence-corrected chi connectivity index (χ0v) is 19.5. The van der Waals surface area contributed by atoms with Crippen molar-refractivity contribution in [3.63, 3.8) is 0 Å². The zero-order chi connectivity index (χ0) is 26.3. The van der Waals surface area contributed by atoms with Crippen molar-refractivity contribution in [2.24, 2.45) is 4.99 Å². The third-order valence-electron chi connectivity index (χ3n) is 7.08. The highest BCUT2D eigenvalue weighted by Gasteiger charge is 2.54. The predicted octanol–water partition coefficient (Wildman–Crippen LogP) is -5.65. The Morgan fingerprint density at radius 2 is 1.22 bits per heavy atom. The summed E-state index contributed by atoms with van der Waals surface area (Å²) in [4.78, 5) is 4.37. The van der Waals surface area contributed by atoms with E-state index in [1.165, 1.54) is 0 Å². The molecular formula is C21H35NO14. The van der Waals surface area contributed by atoms with Gasteiger partial charge in [0.05, 0.1) is 25.9 Å². The molecule has 0 spiro atoms. The molecular weight excluding hydrogens is 490 g/mol. The molecule has 0 aromatic heterocycles. The van der Waals surface area contributed by atoms with Crippen LogP contribution >= 0.6 is 0 Å². The number of hydrogen-bond acceptors (Lipinski definition) is 15. The molecule has 3 fully saturated rings. The van der Waals surface area contributed by atoms with Crippen LogP contribution in [0.2, 0.25) is 0 Å². The lowest BCUT2D eigenvalue weighted by atomic mass is 9.92. The molecule has 3 saturated heterocycles. The van der Waals surface area contributed by atoms with Crippen molar-refractivity contribution in [3.05, 3.63) is 0 Å². The predicted molar refractivity (Wildman–Crippen MR) is 115 cm³/mol. The quantitative estimate of drug-likeness (QED) is 0.151. The smallest absolute Gasteiger partial charge is 0.187 e. The molecule has 4 aliphatic heterocycles. The van der Waals surface area contributed by atoms with Gasteiger partial charge >= 0.3 is 0 Å². The SMILES string of the molecule is CC1=NC2[C@@H](O)[C@H](O[C@@H]3OC(CO)[C@@H](O)[C@H](O)C3O[C@H]3OC(CO)[C@@H](O)[C@H](O)C3O)C(CO)O[C@@H]2C1. The Bertz CT molecular complexity index is 771. The summed E-state index contributed by atoms with van der Waals surface area (Å²) >= 11 is 0. The highest BCUT2D eigenvalue weighted by atomic mass is 16.8. The van der Waals surface area contributed by atoms with Crippen molar-refractivity contribution in [2.75, 3.05) is 19.8 Å². The van der Waals surface area contributed by atoms with Gasteiger partial charge in [-0.2, -0.15) is 0 Å². The van der Waals surface area contributed by atoms with E-state index >= 15 is 0 Å². The van der Waals surface area contributed by atoms with E-state index in [1.54, 1.807) is 6.92 Å². The maximum absolute atomic E-state index is 11.0. The van der Waals surface area contributed by atoms with Crippen LogP contribution in [0.1, 0.15) is 13.3 Å². The van der Waals surface area contributed by atoms with Gasteiger partial charge in [0.1, 0.15) is 73.2 Å². The number of ether oxygens (including phenoxy) is 5. The molecule has 15 heteroatoms. The summed E-state index contributed by atoms with van der Waals surface area (Å²) in [5.41, 5.74) is 0.748. The maximum Gasteiger partial charge on any atom is 0.187 e. The van der Waals surface area contributed by atoms with Crippen LogP contribution < -0.4 is 0 Å². The molecule has 0 aromatic carbocycles. The van der Waals surface area contributed by atoms with E-state index in [0.29, 0.717) is 6.42 Å². The number of aliphatic hydroxyl groups excluding tert-OH is 9. The Labute approximate surface area is 206 Å². The first-order valence-electron chi connectivity index (χ1n) is 11.8. The summed E-state index contributed by atoms with van der Waals surface area (Å²) in [7, 11) is 0. The summed E-state index contributed by atoms with van der Waals surface area (Å²) in [5, 5.41) is 91.4. The molecule has 15 nitrogen and oxygen atoms in total. The first-order valence-corrected chi connectivity index (χ1v) is 11.8. The van der Waals surface area contributed by atoms with Crippen LogP contribution in [0.25, 0.3) is 0 Å². The van der Waals surface area contributed by atoms with Gasteiger partial charge in [-0.1, -0.05) is 0 Å². The lowest BCUT2D eigenvalue weighted by molar-refractivity contribution is -0.380. The largest absolute Gasteiger partial charge is 0.394 e. The van der Waals surface area contributed by atoms with Crippen LogP contribution in [0.15, 0.2) is 4.99 Å². The first-order chi connectivity index (χ1) is 17.1. The third-order valence-corrected chi connectivity index (χ3v) is 7.08. The first kappa shape index (κ1) is 28.1. The van der Waals surface area contributed by atoms with Crippen molar-refractivity contribution in [1.29, 1.82) is 0 Å². The average molecular weight is 526 g/mol. The number of aliphatic hydroxyl groups is 9. The van der Waals surface area contributed by atoms with Crippen LogP contribution in [-0.2, 0) is 23.7 Å². The summed E-state index contributed by atoms with van der Waals surface area (Å²) in [5.74, 6) is 0. The lowest BCUT2D eigenvalue weighted by Gasteiger charge is -2.48. The van der Waals surface area contributed by atoms with Gasteiger partial charge in [0.15, 0.2) is 12.6 Å². The number of fused-ring (bicyclic) bond motifs is 1. The van der Waals surface area contributed by atoms with Crippen molar-refractivity contribution in [3.8, 4) is 0 Å². The van der Waals surface area contributed by atoms with Gasteiger partial charge in [-0.15, -0.1) is 0 Å². The Morgan fingerprint density at radius 1 is 0.667 bits per heavy atom. The normalized spacial score (nSPS) is 51.6. The van der Waals surface area contributed by atoms with Gasteiger partial charge in [0, 0.05) is 12.1 Å². The standard InChI is InChI=1S/C21H35NO14/c1-6-2-7-11(22-6)14(28)18(10(5-25)32-7)35-21-19(16(30)13(27)9(4-24)34-21)36-20-17(31)15(29)12(26)8(3-23)33-20/h7-21,23-31H,2-5H2,1H3/t7-,8?,9?,10?,11?,12-,13-,14-,15+,16+,17?,18-,19?,20-,21+/m1/s1. The molecule has 0 aromatic rings. The Morgan fingerprint density at radius 3 is 1.83 bits per heavy atom. The molecule has 15 atom stereocenters. The fraction of sp³-hybridized carbons (Fsp3) is 0.952. The Balaban J connectivity index is 1.57. The average Bonchev–Trinajstić information content (AvgIpc) is 3.25. The molecule has 0 amide bonds. The fourth-order valence-corrected chi connectivity index (χ4v) is 5.06.